The minimum absolute atomic E-state index is 0.0878. The fourth-order valence-corrected chi connectivity index (χ4v) is 3.68. The molecule has 2 rings (SSSR count). The van der Waals surface area contributed by atoms with Crippen molar-refractivity contribution < 1.29 is 13.2 Å². The summed E-state index contributed by atoms with van der Waals surface area (Å²) < 4.78 is 23.3. The van der Waals surface area contributed by atoms with Crippen molar-refractivity contribution in [3.63, 3.8) is 0 Å². The molecule has 1 fully saturated rings. The Balaban J connectivity index is 1.99. The summed E-state index contributed by atoms with van der Waals surface area (Å²) in [5.41, 5.74) is 0.616. The van der Waals surface area contributed by atoms with Crippen molar-refractivity contribution in [1.82, 2.24) is 4.90 Å². The van der Waals surface area contributed by atoms with E-state index in [4.69, 9.17) is 0 Å². The van der Waals surface area contributed by atoms with E-state index in [-0.39, 0.29) is 16.9 Å². The third-order valence-corrected chi connectivity index (χ3v) is 6.24. The lowest BCUT2D eigenvalue weighted by Gasteiger charge is -2.38. The number of likely N-dealkylation sites (tertiary alicyclic amines) is 1. The van der Waals surface area contributed by atoms with Gasteiger partial charge in [-0.15, -0.1) is 11.8 Å². The Morgan fingerprint density at radius 1 is 1.32 bits per heavy atom. The molecule has 1 aromatic carbocycles. The van der Waals surface area contributed by atoms with Crippen molar-refractivity contribution in [3.05, 3.63) is 29.8 Å². The number of nitrogens with zero attached hydrogens (tertiary/aromatic N) is 1. The molecule has 0 bridgehead atoms. The van der Waals surface area contributed by atoms with Gasteiger partial charge in [-0.3, -0.25) is 4.79 Å². The fourth-order valence-electron chi connectivity index (χ4n) is 1.98. The lowest BCUT2D eigenvalue weighted by Crippen LogP contribution is -2.57. The highest BCUT2D eigenvalue weighted by molar-refractivity contribution is 7.98. The molecular weight excluding hydrogens is 282 g/mol. The standard InChI is InChI=1S/C13H17NO3S2/c1-3-19(16,17)12-8-14(9-12)13(15)10-4-6-11(18-2)7-5-10/h4-7,12H,3,8-9H2,1-2H3. The number of hydrogen-bond donors (Lipinski definition) is 0. The number of thioether (sulfide) groups is 1. The summed E-state index contributed by atoms with van der Waals surface area (Å²) in [4.78, 5) is 14.8. The molecule has 0 N–H and O–H groups in total. The SMILES string of the molecule is CCS(=O)(=O)C1CN(C(=O)c2ccc(SC)cc2)C1. The van der Waals surface area contributed by atoms with Gasteiger partial charge in [0.2, 0.25) is 0 Å². The van der Waals surface area contributed by atoms with Gasteiger partial charge in [-0.25, -0.2) is 8.42 Å². The maximum atomic E-state index is 12.1. The predicted octanol–water partition coefficient (Wildman–Crippen LogP) is 1.67. The van der Waals surface area contributed by atoms with Gasteiger partial charge in [0.15, 0.2) is 9.84 Å². The van der Waals surface area contributed by atoms with Crippen LogP contribution in [-0.4, -0.2) is 49.6 Å². The number of sulfone groups is 1. The molecule has 0 spiro atoms. The highest BCUT2D eigenvalue weighted by atomic mass is 32.2. The van der Waals surface area contributed by atoms with E-state index in [1.54, 1.807) is 35.7 Å². The summed E-state index contributed by atoms with van der Waals surface area (Å²) in [6.07, 6.45) is 1.98. The average Bonchev–Trinajstić information content (AvgIpc) is 2.36. The molecule has 0 saturated carbocycles. The second-order valence-corrected chi connectivity index (χ2v) is 7.96. The van der Waals surface area contributed by atoms with E-state index in [0.29, 0.717) is 18.7 Å². The van der Waals surface area contributed by atoms with E-state index in [1.165, 1.54) is 0 Å². The van der Waals surface area contributed by atoms with E-state index < -0.39 is 9.84 Å². The highest BCUT2D eigenvalue weighted by Crippen LogP contribution is 2.21. The Morgan fingerprint density at radius 3 is 2.37 bits per heavy atom. The lowest BCUT2D eigenvalue weighted by molar-refractivity contribution is 0.0659. The Bertz CT molecular complexity index is 560. The number of hydrogen-bond acceptors (Lipinski definition) is 4. The normalized spacial score (nSPS) is 16.2. The van der Waals surface area contributed by atoms with Gasteiger partial charge < -0.3 is 4.90 Å². The van der Waals surface area contributed by atoms with Crippen molar-refractivity contribution in [2.24, 2.45) is 0 Å². The second kappa shape index (κ2) is 5.54. The molecule has 1 amide bonds. The molecule has 1 heterocycles. The van der Waals surface area contributed by atoms with Crippen LogP contribution in [0.3, 0.4) is 0 Å². The van der Waals surface area contributed by atoms with E-state index >= 15 is 0 Å². The van der Waals surface area contributed by atoms with Crippen molar-refractivity contribution in [1.29, 1.82) is 0 Å². The Hall–Kier alpha value is -1.01. The Kier molecular flexibility index (Phi) is 4.20. The molecule has 104 valence electrons. The Labute approximate surface area is 118 Å². The van der Waals surface area contributed by atoms with Crippen LogP contribution in [0.5, 0.6) is 0 Å². The molecule has 4 nitrogen and oxygen atoms in total. The average molecular weight is 299 g/mol. The van der Waals surface area contributed by atoms with Gasteiger partial charge in [0.05, 0.1) is 5.25 Å². The highest BCUT2D eigenvalue weighted by Gasteiger charge is 2.38. The number of carbonyl (C=O) groups excluding carboxylic acids is 1. The number of amides is 1. The molecule has 0 aliphatic carbocycles. The van der Waals surface area contributed by atoms with Crippen molar-refractivity contribution in [3.8, 4) is 0 Å². The summed E-state index contributed by atoms with van der Waals surface area (Å²) in [5.74, 6) is 0.0532. The van der Waals surface area contributed by atoms with Gasteiger partial charge in [-0.1, -0.05) is 6.92 Å². The van der Waals surface area contributed by atoms with Crippen LogP contribution in [0.1, 0.15) is 17.3 Å². The largest absolute Gasteiger partial charge is 0.336 e. The van der Waals surface area contributed by atoms with Crippen molar-refractivity contribution >= 4 is 27.5 Å². The zero-order valence-electron chi connectivity index (χ0n) is 11.0. The van der Waals surface area contributed by atoms with Crippen molar-refractivity contribution in [2.75, 3.05) is 25.1 Å². The van der Waals surface area contributed by atoms with Crippen LogP contribution in [0, 0.1) is 0 Å². The Morgan fingerprint density at radius 2 is 1.89 bits per heavy atom. The van der Waals surface area contributed by atoms with Crippen LogP contribution in [0.25, 0.3) is 0 Å². The third-order valence-electron chi connectivity index (χ3n) is 3.38. The van der Waals surface area contributed by atoms with Gasteiger partial charge in [0.1, 0.15) is 0 Å². The summed E-state index contributed by atoms with van der Waals surface area (Å²) in [6.45, 7) is 2.28. The second-order valence-electron chi connectivity index (χ2n) is 4.51. The monoisotopic (exact) mass is 299 g/mol. The van der Waals surface area contributed by atoms with Crippen LogP contribution in [0.15, 0.2) is 29.2 Å². The number of benzene rings is 1. The molecule has 0 radical (unpaired) electrons. The zero-order valence-corrected chi connectivity index (χ0v) is 12.6. The summed E-state index contributed by atoms with van der Waals surface area (Å²) in [7, 11) is -3.02. The lowest BCUT2D eigenvalue weighted by atomic mass is 10.1. The third kappa shape index (κ3) is 2.95. The van der Waals surface area contributed by atoms with Gasteiger partial charge in [0.25, 0.3) is 5.91 Å². The maximum Gasteiger partial charge on any atom is 0.253 e. The smallest absolute Gasteiger partial charge is 0.253 e. The van der Waals surface area contributed by atoms with E-state index in [9.17, 15) is 13.2 Å². The van der Waals surface area contributed by atoms with Crippen molar-refractivity contribution in [2.45, 2.75) is 17.1 Å². The molecule has 0 aromatic heterocycles. The summed E-state index contributed by atoms with van der Waals surface area (Å²) in [6, 6.07) is 7.38. The number of rotatable bonds is 4. The first-order chi connectivity index (χ1) is 8.97. The minimum atomic E-state index is -3.02. The minimum Gasteiger partial charge on any atom is -0.336 e. The first kappa shape index (κ1) is 14.4. The molecule has 6 heteroatoms. The van der Waals surface area contributed by atoms with Crippen LogP contribution in [0.2, 0.25) is 0 Å². The predicted molar refractivity (Wildman–Crippen MR) is 77.4 cm³/mol. The molecule has 1 aliphatic rings. The topological polar surface area (TPSA) is 54.5 Å². The summed E-state index contributed by atoms with van der Waals surface area (Å²) in [5, 5.41) is -0.382. The molecule has 1 saturated heterocycles. The van der Waals surface area contributed by atoms with E-state index in [0.717, 1.165) is 4.90 Å². The molecule has 1 aromatic rings. The molecule has 0 unspecified atom stereocenters. The quantitative estimate of drug-likeness (QED) is 0.794. The van der Waals surface area contributed by atoms with Crippen LogP contribution >= 0.6 is 11.8 Å². The fraction of sp³-hybridized carbons (Fsp3) is 0.462. The first-order valence-corrected chi connectivity index (χ1v) is 9.07. The van der Waals surface area contributed by atoms with Crippen LogP contribution in [0.4, 0.5) is 0 Å². The zero-order chi connectivity index (χ0) is 14.0. The maximum absolute atomic E-state index is 12.1. The van der Waals surface area contributed by atoms with Gasteiger partial charge in [-0.05, 0) is 30.5 Å². The van der Waals surface area contributed by atoms with E-state index in [1.807, 2.05) is 18.4 Å². The van der Waals surface area contributed by atoms with Gasteiger partial charge >= 0.3 is 0 Å². The first-order valence-electron chi connectivity index (χ1n) is 6.13. The molecule has 1 aliphatic heterocycles. The van der Waals surface area contributed by atoms with Crippen LogP contribution in [-0.2, 0) is 9.84 Å². The molecule has 0 atom stereocenters. The summed E-state index contributed by atoms with van der Waals surface area (Å²) >= 11 is 1.62. The van der Waals surface area contributed by atoms with E-state index in [2.05, 4.69) is 0 Å². The molecular formula is C13H17NO3S2. The van der Waals surface area contributed by atoms with Gasteiger partial charge in [0, 0.05) is 29.3 Å². The van der Waals surface area contributed by atoms with Gasteiger partial charge in [-0.2, -0.15) is 0 Å². The molecule has 19 heavy (non-hydrogen) atoms. The van der Waals surface area contributed by atoms with Crippen LogP contribution < -0.4 is 0 Å². The number of carbonyl (C=O) groups is 1.